The third kappa shape index (κ3) is 2.16. The van der Waals surface area contributed by atoms with Crippen molar-refractivity contribution < 1.29 is 5.11 Å². The minimum Gasteiger partial charge on any atom is -0.387 e. The first kappa shape index (κ1) is 13.9. The fourth-order valence-electron chi connectivity index (χ4n) is 4.29. The van der Waals surface area contributed by atoms with Crippen molar-refractivity contribution in [2.75, 3.05) is 13.1 Å². The summed E-state index contributed by atoms with van der Waals surface area (Å²) in [6, 6.07) is 10.3. The van der Waals surface area contributed by atoms with Gasteiger partial charge in [0.15, 0.2) is 0 Å². The molecule has 5 atom stereocenters. The maximum absolute atomic E-state index is 11.0. The third-order valence-electron chi connectivity index (χ3n) is 5.52. The maximum atomic E-state index is 11.0. The van der Waals surface area contributed by atoms with Crippen LogP contribution in [0.15, 0.2) is 49.2 Å². The predicted octanol–water partition coefficient (Wildman–Crippen LogP) is 3.16. The monoisotopic (exact) mass is 294 g/mol. The largest absolute Gasteiger partial charge is 0.387 e. The van der Waals surface area contributed by atoms with Gasteiger partial charge in [0, 0.05) is 24.2 Å². The topological polar surface area (TPSA) is 36.4 Å². The molecule has 0 amide bonds. The number of hydrogen-bond donors (Lipinski definition) is 1. The molecule has 3 heteroatoms. The van der Waals surface area contributed by atoms with Crippen molar-refractivity contribution in [3.63, 3.8) is 0 Å². The highest BCUT2D eigenvalue weighted by molar-refractivity contribution is 5.82. The predicted molar refractivity (Wildman–Crippen MR) is 88.5 cm³/mol. The number of aliphatic hydroxyl groups is 1. The highest BCUT2D eigenvalue weighted by atomic mass is 16.3. The summed E-state index contributed by atoms with van der Waals surface area (Å²) >= 11 is 0. The normalized spacial score (nSPS) is 32.0. The Kier molecular flexibility index (Phi) is 3.47. The fraction of sp³-hybridized carbons (Fsp3) is 0.421. The van der Waals surface area contributed by atoms with Gasteiger partial charge in [0.25, 0.3) is 0 Å². The molecule has 3 aliphatic rings. The first-order valence-electron chi connectivity index (χ1n) is 8.16. The molecule has 0 aliphatic carbocycles. The Bertz CT molecular complexity index is 693. The number of pyridine rings is 1. The molecule has 2 aromatic rings. The number of benzene rings is 1. The molecule has 0 saturated carbocycles. The van der Waals surface area contributed by atoms with Crippen LogP contribution in [0.1, 0.15) is 24.5 Å². The Morgan fingerprint density at radius 3 is 2.95 bits per heavy atom. The number of rotatable bonds is 3. The lowest BCUT2D eigenvalue weighted by molar-refractivity contribution is -0.0444. The molecular formula is C19H22N2O. The van der Waals surface area contributed by atoms with E-state index in [9.17, 15) is 5.11 Å². The molecule has 2 unspecified atom stereocenters. The molecule has 3 fully saturated rings. The van der Waals surface area contributed by atoms with Crippen LogP contribution in [-0.2, 0) is 0 Å². The number of hydrogen-bond acceptors (Lipinski definition) is 3. The van der Waals surface area contributed by atoms with Crippen LogP contribution in [0.25, 0.3) is 10.9 Å². The minimum absolute atomic E-state index is 0.223. The van der Waals surface area contributed by atoms with E-state index in [1.165, 1.54) is 6.42 Å². The lowest BCUT2D eigenvalue weighted by Crippen LogP contribution is -2.54. The van der Waals surface area contributed by atoms with Crippen LogP contribution < -0.4 is 0 Å². The van der Waals surface area contributed by atoms with Gasteiger partial charge in [0.2, 0.25) is 0 Å². The molecule has 1 aromatic heterocycles. The van der Waals surface area contributed by atoms with Crippen molar-refractivity contribution in [2.24, 2.45) is 11.8 Å². The molecular weight excluding hydrogens is 272 g/mol. The van der Waals surface area contributed by atoms with Crippen LogP contribution in [-0.4, -0.2) is 34.1 Å². The molecule has 2 bridgehead atoms. The summed E-state index contributed by atoms with van der Waals surface area (Å²) in [5.41, 5.74) is 1.97. The lowest BCUT2D eigenvalue weighted by Gasteiger charge is -2.50. The number of aliphatic hydroxyl groups excluding tert-OH is 1. The van der Waals surface area contributed by atoms with E-state index in [0.29, 0.717) is 11.8 Å². The third-order valence-corrected chi connectivity index (χ3v) is 5.52. The van der Waals surface area contributed by atoms with Gasteiger partial charge in [0.1, 0.15) is 0 Å². The van der Waals surface area contributed by atoms with Crippen molar-refractivity contribution in [1.29, 1.82) is 0 Å². The van der Waals surface area contributed by atoms with Gasteiger partial charge in [-0.15, -0.1) is 6.58 Å². The number of para-hydroxylation sites is 1. The number of fused-ring (bicyclic) bond motifs is 4. The van der Waals surface area contributed by atoms with Crippen molar-refractivity contribution in [3.8, 4) is 0 Å². The molecule has 3 saturated heterocycles. The van der Waals surface area contributed by atoms with Gasteiger partial charge in [-0.25, -0.2) is 0 Å². The van der Waals surface area contributed by atoms with Crippen LogP contribution in [0.2, 0.25) is 0 Å². The summed E-state index contributed by atoms with van der Waals surface area (Å²) in [7, 11) is 0. The number of aromatic nitrogens is 1. The smallest absolute Gasteiger partial charge is 0.0952 e. The van der Waals surface area contributed by atoms with Crippen LogP contribution in [0, 0.1) is 11.8 Å². The summed E-state index contributed by atoms with van der Waals surface area (Å²) in [5.74, 6) is 1.27. The van der Waals surface area contributed by atoms with Crippen molar-refractivity contribution in [2.45, 2.75) is 25.0 Å². The Morgan fingerprint density at radius 2 is 2.18 bits per heavy atom. The van der Waals surface area contributed by atoms with Gasteiger partial charge < -0.3 is 5.11 Å². The van der Waals surface area contributed by atoms with Gasteiger partial charge in [-0.05, 0) is 48.9 Å². The summed E-state index contributed by atoms with van der Waals surface area (Å²) < 4.78 is 0. The highest BCUT2D eigenvalue weighted by Crippen LogP contribution is 2.41. The molecule has 114 valence electrons. The molecule has 3 aliphatic heterocycles. The zero-order chi connectivity index (χ0) is 15.1. The van der Waals surface area contributed by atoms with Gasteiger partial charge in [0.05, 0.1) is 11.6 Å². The first-order valence-corrected chi connectivity index (χ1v) is 8.16. The van der Waals surface area contributed by atoms with E-state index in [0.717, 1.165) is 36.0 Å². The van der Waals surface area contributed by atoms with E-state index in [2.05, 4.69) is 28.6 Å². The zero-order valence-electron chi connectivity index (χ0n) is 12.7. The Labute approximate surface area is 131 Å². The molecule has 3 nitrogen and oxygen atoms in total. The summed E-state index contributed by atoms with van der Waals surface area (Å²) in [5, 5.41) is 12.1. The summed E-state index contributed by atoms with van der Waals surface area (Å²) in [6.07, 6.45) is 5.76. The van der Waals surface area contributed by atoms with Crippen molar-refractivity contribution in [3.05, 3.63) is 54.7 Å². The van der Waals surface area contributed by atoms with Crippen LogP contribution >= 0.6 is 0 Å². The second-order valence-electron chi connectivity index (χ2n) is 6.61. The fourth-order valence-corrected chi connectivity index (χ4v) is 4.29. The lowest BCUT2D eigenvalue weighted by atomic mass is 9.73. The van der Waals surface area contributed by atoms with Crippen LogP contribution in [0.4, 0.5) is 0 Å². The molecule has 0 spiro atoms. The van der Waals surface area contributed by atoms with Crippen molar-refractivity contribution in [1.82, 2.24) is 9.88 Å². The Hall–Kier alpha value is -1.71. The molecule has 22 heavy (non-hydrogen) atoms. The average molecular weight is 294 g/mol. The standard InChI is InChI=1S/C19H22N2O/c1-2-13-12-21-10-8-14(13)11-18(21)19(22)16-7-9-20-17-6-4-3-5-15(16)17/h2-7,9,13-14,18-19,22H,1,8,10-12H2/t13-,14?,18+,19-/m1/s1. The first-order chi connectivity index (χ1) is 10.8. The SMILES string of the molecule is C=C[C@@H]1CN2CCC1C[C@H]2[C@H](O)c1ccnc2ccccc12. The average Bonchev–Trinajstić information content (AvgIpc) is 2.60. The van der Waals surface area contributed by atoms with E-state index in [1.807, 2.05) is 30.5 Å². The maximum Gasteiger partial charge on any atom is 0.0952 e. The number of piperidine rings is 3. The minimum atomic E-state index is -0.443. The summed E-state index contributed by atoms with van der Waals surface area (Å²) in [6.45, 7) is 6.11. The van der Waals surface area contributed by atoms with Gasteiger partial charge in [-0.1, -0.05) is 24.3 Å². The molecule has 0 radical (unpaired) electrons. The van der Waals surface area contributed by atoms with E-state index in [4.69, 9.17) is 0 Å². The molecule has 1 N–H and O–H groups in total. The van der Waals surface area contributed by atoms with Gasteiger partial charge in [-0.3, -0.25) is 9.88 Å². The molecule has 4 heterocycles. The Morgan fingerprint density at radius 1 is 1.32 bits per heavy atom. The van der Waals surface area contributed by atoms with E-state index in [-0.39, 0.29) is 6.04 Å². The quantitative estimate of drug-likeness (QED) is 0.883. The molecule has 5 rings (SSSR count). The highest BCUT2D eigenvalue weighted by Gasteiger charge is 2.42. The van der Waals surface area contributed by atoms with E-state index in [1.54, 1.807) is 0 Å². The van der Waals surface area contributed by atoms with Gasteiger partial charge >= 0.3 is 0 Å². The zero-order valence-corrected chi connectivity index (χ0v) is 12.7. The van der Waals surface area contributed by atoms with Gasteiger partial charge in [-0.2, -0.15) is 0 Å². The second-order valence-corrected chi connectivity index (χ2v) is 6.61. The number of nitrogens with zero attached hydrogens (tertiary/aromatic N) is 2. The Balaban J connectivity index is 1.67. The van der Waals surface area contributed by atoms with Crippen LogP contribution in [0.5, 0.6) is 0 Å². The van der Waals surface area contributed by atoms with E-state index >= 15 is 0 Å². The van der Waals surface area contributed by atoms with Crippen LogP contribution in [0.3, 0.4) is 0 Å². The second kappa shape index (κ2) is 5.49. The molecule has 1 aromatic carbocycles. The van der Waals surface area contributed by atoms with E-state index < -0.39 is 6.10 Å². The summed E-state index contributed by atoms with van der Waals surface area (Å²) in [4.78, 5) is 6.86. The van der Waals surface area contributed by atoms with Crippen molar-refractivity contribution >= 4 is 10.9 Å².